The summed E-state index contributed by atoms with van der Waals surface area (Å²) in [5.41, 5.74) is 6.65. The molecule has 0 radical (unpaired) electrons. The van der Waals surface area contributed by atoms with Gasteiger partial charge in [-0.3, -0.25) is 0 Å². The molecule has 0 amide bonds. The first-order valence-corrected chi connectivity index (χ1v) is 7.97. The van der Waals surface area contributed by atoms with Crippen LogP contribution in [0.15, 0.2) is 0 Å². The highest BCUT2D eigenvalue weighted by atomic mass is 16.5. The smallest absolute Gasteiger partial charge is 0.242 e. The van der Waals surface area contributed by atoms with E-state index in [1.807, 2.05) is 14.1 Å². The molecule has 6 heteroatoms. The fourth-order valence-electron chi connectivity index (χ4n) is 1.84. The number of nitrogens with one attached hydrogen (secondary N) is 1. The fraction of sp³-hybridized carbons (Fsp3) is 0.750. The molecule has 0 unspecified atom stereocenters. The molecule has 0 saturated carbocycles. The van der Waals surface area contributed by atoms with Gasteiger partial charge in [0.15, 0.2) is 5.82 Å². The predicted molar refractivity (Wildman–Crippen MR) is 92.4 cm³/mol. The van der Waals surface area contributed by atoms with E-state index in [0.29, 0.717) is 35.8 Å². The molecule has 1 aromatic heterocycles. The van der Waals surface area contributed by atoms with Crippen LogP contribution >= 0.6 is 0 Å². The zero-order valence-electron chi connectivity index (χ0n) is 14.8. The van der Waals surface area contributed by atoms with Crippen molar-refractivity contribution in [1.29, 1.82) is 0 Å². The van der Waals surface area contributed by atoms with Crippen LogP contribution in [0, 0.1) is 11.8 Å². The third-order valence-electron chi connectivity index (χ3n) is 2.95. The SMILES string of the molecule is CC(C)COc1nc(CC(C)C)nc(NCCN(C)C)c1N. The summed E-state index contributed by atoms with van der Waals surface area (Å²) < 4.78 is 5.76. The van der Waals surface area contributed by atoms with Crippen molar-refractivity contribution in [2.45, 2.75) is 34.1 Å². The average Bonchev–Trinajstić information content (AvgIpc) is 2.39. The molecule has 3 N–H and O–H groups in total. The lowest BCUT2D eigenvalue weighted by Gasteiger charge is -2.17. The highest BCUT2D eigenvalue weighted by Crippen LogP contribution is 2.27. The molecule has 22 heavy (non-hydrogen) atoms. The van der Waals surface area contributed by atoms with Crippen LogP contribution in [0.3, 0.4) is 0 Å². The lowest BCUT2D eigenvalue weighted by molar-refractivity contribution is 0.261. The van der Waals surface area contributed by atoms with Crippen LogP contribution in [0.1, 0.15) is 33.5 Å². The molecule has 0 saturated heterocycles. The number of likely N-dealkylation sites (N-methyl/N-ethyl adjacent to an activating group) is 1. The molecular weight excluding hydrogens is 278 g/mol. The molecule has 0 aliphatic heterocycles. The van der Waals surface area contributed by atoms with Crippen molar-refractivity contribution in [3.63, 3.8) is 0 Å². The highest BCUT2D eigenvalue weighted by molar-refractivity contribution is 5.66. The molecular formula is C16H31N5O. The number of nitrogen functional groups attached to an aromatic ring is 1. The van der Waals surface area contributed by atoms with Gasteiger partial charge in [0.2, 0.25) is 5.88 Å². The molecule has 0 fully saturated rings. The molecule has 1 heterocycles. The van der Waals surface area contributed by atoms with Crippen LogP contribution in [-0.4, -0.2) is 48.7 Å². The average molecular weight is 309 g/mol. The Morgan fingerprint density at radius 2 is 1.82 bits per heavy atom. The van der Waals surface area contributed by atoms with Gasteiger partial charge in [-0.1, -0.05) is 27.7 Å². The maximum absolute atomic E-state index is 6.16. The summed E-state index contributed by atoms with van der Waals surface area (Å²) in [6.45, 7) is 10.8. The van der Waals surface area contributed by atoms with E-state index in [1.165, 1.54) is 0 Å². The normalized spacial score (nSPS) is 11.5. The highest BCUT2D eigenvalue weighted by Gasteiger charge is 2.14. The maximum Gasteiger partial charge on any atom is 0.242 e. The minimum absolute atomic E-state index is 0.424. The van der Waals surface area contributed by atoms with Gasteiger partial charge in [-0.05, 0) is 25.9 Å². The second kappa shape index (κ2) is 8.78. The monoisotopic (exact) mass is 309 g/mol. The second-order valence-electron chi connectivity index (χ2n) is 6.74. The van der Waals surface area contributed by atoms with Crippen LogP contribution in [0.5, 0.6) is 5.88 Å². The number of rotatable bonds is 9. The third kappa shape index (κ3) is 6.47. The zero-order valence-corrected chi connectivity index (χ0v) is 14.8. The number of anilines is 2. The van der Waals surface area contributed by atoms with E-state index in [4.69, 9.17) is 10.5 Å². The quantitative estimate of drug-likeness (QED) is 0.729. The molecule has 1 rings (SSSR count). The van der Waals surface area contributed by atoms with Gasteiger partial charge in [0, 0.05) is 19.5 Å². The van der Waals surface area contributed by atoms with Crippen LogP contribution in [0.2, 0.25) is 0 Å². The zero-order chi connectivity index (χ0) is 16.7. The Kier molecular flexibility index (Phi) is 7.38. The van der Waals surface area contributed by atoms with Crippen molar-refractivity contribution in [1.82, 2.24) is 14.9 Å². The van der Waals surface area contributed by atoms with E-state index < -0.39 is 0 Å². The predicted octanol–water partition coefficient (Wildman–Crippen LogP) is 2.27. The molecule has 0 aromatic carbocycles. The van der Waals surface area contributed by atoms with E-state index >= 15 is 0 Å². The molecule has 0 bridgehead atoms. The van der Waals surface area contributed by atoms with Gasteiger partial charge < -0.3 is 20.7 Å². The summed E-state index contributed by atoms with van der Waals surface area (Å²) in [5, 5.41) is 3.29. The lowest BCUT2D eigenvalue weighted by Crippen LogP contribution is -2.22. The number of hydrogen-bond donors (Lipinski definition) is 2. The summed E-state index contributed by atoms with van der Waals surface area (Å²) in [5.74, 6) is 2.84. The molecule has 0 atom stereocenters. The largest absolute Gasteiger partial charge is 0.476 e. The Bertz CT molecular complexity index is 460. The second-order valence-corrected chi connectivity index (χ2v) is 6.74. The van der Waals surface area contributed by atoms with E-state index in [0.717, 1.165) is 25.3 Å². The Hall–Kier alpha value is -1.56. The molecule has 1 aromatic rings. The number of ether oxygens (including phenoxy) is 1. The van der Waals surface area contributed by atoms with Gasteiger partial charge in [-0.25, -0.2) is 4.98 Å². The fourth-order valence-corrected chi connectivity index (χ4v) is 1.84. The van der Waals surface area contributed by atoms with E-state index in [-0.39, 0.29) is 0 Å². The van der Waals surface area contributed by atoms with Crippen LogP contribution in [-0.2, 0) is 6.42 Å². The number of nitrogens with zero attached hydrogens (tertiary/aromatic N) is 3. The van der Waals surface area contributed by atoms with Gasteiger partial charge in [-0.2, -0.15) is 4.98 Å². The van der Waals surface area contributed by atoms with Crippen molar-refractivity contribution >= 4 is 11.5 Å². The summed E-state index contributed by atoms with van der Waals surface area (Å²) in [6.07, 6.45) is 0.806. The molecule has 6 nitrogen and oxygen atoms in total. The van der Waals surface area contributed by atoms with Crippen molar-refractivity contribution in [2.75, 3.05) is 44.8 Å². The van der Waals surface area contributed by atoms with E-state index in [2.05, 4.69) is 47.9 Å². The first-order valence-electron chi connectivity index (χ1n) is 7.97. The Balaban J connectivity index is 2.93. The lowest BCUT2D eigenvalue weighted by atomic mass is 10.1. The standard InChI is InChI=1S/C16H31N5O/c1-11(2)9-13-19-15(18-7-8-21(5)6)14(17)16(20-13)22-10-12(3)4/h11-12H,7-10,17H2,1-6H3,(H,18,19,20). The van der Waals surface area contributed by atoms with E-state index in [9.17, 15) is 0 Å². The van der Waals surface area contributed by atoms with Gasteiger partial charge in [0.1, 0.15) is 11.5 Å². The number of aromatic nitrogens is 2. The van der Waals surface area contributed by atoms with Crippen molar-refractivity contribution < 1.29 is 4.74 Å². The minimum Gasteiger partial charge on any atom is -0.476 e. The Morgan fingerprint density at radius 3 is 2.36 bits per heavy atom. The maximum atomic E-state index is 6.16. The molecule has 0 spiro atoms. The molecule has 0 aliphatic carbocycles. The van der Waals surface area contributed by atoms with E-state index in [1.54, 1.807) is 0 Å². The molecule has 126 valence electrons. The first-order chi connectivity index (χ1) is 10.3. The first kappa shape index (κ1) is 18.5. The van der Waals surface area contributed by atoms with Crippen molar-refractivity contribution in [3.8, 4) is 5.88 Å². The van der Waals surface area contributed by atoms with Gasteiger partial charge in [0.05, 0.1) is 6.61 Å². The van der Waals surface area contributed by atoms with Crippen molar-refractivity contribution in [3.05, 3.63) is 5.82 Å². The summed E-state index contributed by atoms with van der Waals surface area (Å²) in [7, 11) is 4.07. The minimum atomic E-state index is 0.424. The third-order valence-corrected chi connectivity index (χ3v) is 2.95. The van der Waals surface area contributed by atoms with Gasteiger partial charge in [0.25, 0.3) is 0 Å². The van der Waals surface area contributed by atoms with Gasteiger partial charge >= 0.3 is 0 Å². The van der Waals surface area contributed by atoms with Crippen LogP contribution in [0.4, 0.5) is 11.5 Å². The Labute approximate surface area is 134 Å². The summed E-state index contributed by atoms with van der Waals surface area (Å²) in [4.78, 5) is 11.1. The summed E-state index contributed by atoms with van der Waals surface area (Å²) in [6, 6.07) is 0. The Morgan fingerprint density at radius 1 is 1.14 bits per heavy atom. The summed E-state index contributed by atoms with van der Waals surface area (Å²) >= 11 is 0. The molecule has 0 aliphatic rings. The van der Waals surface area contributed by atoms with Gasteiger partial charge in [-0.15, -0.1) is 0 Å². The van der Waals surface area contributed by atoms with Crippen molar-refractivity contribution in [2.24, 2.45) is 11.8 Å². The number of hydrogen-bond acceptors (Lipinski definition) is 6. The topological polar surface area (TPSA) is 76.3 Å². The van der Waals surface area contributed by atoms with Crippen LogP contribution in [0.25, 0.3) is 0 Å². The van der Waals surface area contributed by atoms with Crippen LogP contribution < -0.4 is 15.8 Å². The number of nitrogens with two attached hydrogens (primary N) is 1.